The van der Waals surface area contributed by atoms with E-state index in [1.165, 1.54) is 0 Å². The molecule has 0 unspecified atom stereocenters. The zero-order chi connectivity index (χ0) is 39.9. The van der Waals surface area contributed by atoms with Gasteiger partial charge in [-0.2, -0.15) is 0 Å². The summed E-state index contributed by atoms with van der Waals surface area (Å²) >= 11 is 0. The SMILES string of the molecule is COc1cc2nc(N)nc(C#Cc3ccc(C4=NCC(C)(C)N4)cc3)c2cc1OCc1ccc2c(C#Cc3ccc(C4=NCC(C)(C)N4)cc3)c(N)nc(C)c2c1. The molecule has 0 aliphatic carbocycles. The molecule has 4 heterocycles. The van der Waals surface area contributed by atoms with Crippen molar-refractivity contribution in [3.05, 3.63) is 124 Å². The van der Waals surface area contributed by atoms with E-state index < -0.39 is 0 Å². The number of amidine groups is 2. The number of aryl methyl sites for hydroxylation is 1. The maximum atomic E-state index is 6.44. The molecule has 6 N–H and O–H groups in total. The predicted molar refractivity (Wildman–Crippen MR) is 228 cm³/mol. The van der Waals surface area contributed by atoms with E-state index in [1.54, 1.807) is 13.2 Å². The van der Waals surface area contributed by atoms with Crippen LogP contribution in [0.15, 0.2) is 88.8 Å². The molecule has 2 aliphatic heterocycles. The Morgan fingerprint density at radius 2 is 1.28 bits per heavy atom. The Hall–Kier alpha value is -7.11. The van der Waals surface area contributed by atoms with Crippen molar-refractivity contribution in [1.29, 1.82) is 0 Å². The van der Waals surface area contributed by atoms with Crippen molar-refractivity contribution in [1.82, 2.24) is 25.6 Å². The first-order chi connectivity index (χ1) is 27.3. The number of rotatable bonds is 6. The lowest BCUT2D eigenvalue weighted by Crippen LogP contribution is -2.39. The maximum absolute atomic E-state index is 6.44. The molecular weight excluding hydrogens is 711 g/mol. The molecule has 0 radical (unpaired) electrons. The number of hydrogen-bond acceptors (Lipinski definition) is 11. The lowest BCUT2D eigenvalue weighted by molar-refractivity contribution is 0.285. The molecule has 0 bridgehead atoms. The predicted octanol–water partition coefficient (Wildman–Crippen LogP) is 6.29. The van der Waals surface area contributed by atoms with Crippen molar-refractivity contribution in [3.8, 4) is 35.2 Å². The van der Waals surface area contributed by atoms with E-state index in [0.717, 1.165) is 69.0 Å². The minimum Gasteiger partial charge on any atom is -0.493 e. The number of aliphatic imine (C=N–C) groups is 2. The van der Waals surface area contributed by atoms with Crippen LogP contribution in [0.4, 0.5) is 11.8 Å². The number of ether oxygens (including phenoxy) is 2. The van der Waals surface area contributed by atoms with Crippen LogP contribution in [0.3, 0.4) is 0 Å². The molecule has 6 aromatic rings. The molecule has 0 atom stereocenters. The number of aromatic nitrogens is 3. The van der Waals surface area contributed by atoms with Crippen LogP contribution in [-0.4, -0.2) is 57.9 Å². The standard InChI is InChI=1S/C46H43N9O2/c1-27-35-21-30(12-18-33(35)34(41(47)51-27)19-11-28-7-14-31(15-8-28)42-49-25-45(2,3)54-42)24-57-40-22-36-37(52-44(48)53-38(36)23-39(40)56-6)20-13-29-9-16-32(17-10-29)43-50-26-46(4,5)55-43/h7-10,12,14-18,21-23H,24-26H2,1-6H3,(H2,47,51)(H,49,54)(H,50,55)(H2,48,52,53). The minimum atomic E-state index is -0.0510. The molecule has 0 saturated carbocycles. The second kappa shape index (κ2) is 14.5. The number of nitrogens with one attached hydrogen (secondary N) is 2. The van der Waals surface area contributed by atoms with Gasteiger partial charge in [-0.15, -0.1) is 0 Å². The number of nitrogens with zero attached hydrogens (tertiary/aromatic N) is 5. The van der Waals surface area contributed by atoms with E-state index in [9.17, 15) is 0 Å². The summed E-state index contributed by atoms with van der Waals surface area (Å²) in [7, 11) is 1.59. The minimum absolute atomic E-state index is 0.0402. The summed E-state index contributed by atoms with van der Waals surface area (Å²) in [5.41, 5.74) is 19.7. The van der Waals surface area contributed by atoms with E-state index in [0.29, 0.717) is 39.5 Å². The zero-order valence-corrected chi connectivity index (χ0v) is 32.8. The highest BCUT2D eigenvalue weighted by atomic mass is 16.5. The largest absolute Gasteiger partial charge is 0.493 e. The molecule has 4 aromatic carbocycles. The van der Waals surface area contributed by atoms with Gasteiger partial charge in [-0.1, -0.05) is 54.2 Å². The number of hydrogen-bond donors (Lipinski definition) is 4. The van der Waals surface area contributed by atoms with Crippen LogP contribution in [0, 0.1) is 30.6 Å². The maximum Gasteiger partial charge on any atom is 0.221 e. The summed E-state index contributed by atoms with van der Waals surface area (Å²) in [6.07, 6.45) is 0. The second-order valence-corrected chi connectivity index (χ2v) is 15.6. The van der Waals surface area contributed by atoms with Crippen molar-refractivity contribution >= 4 is 45.1 Å². The zero-order valence-electron chi connectivity index (χ0n) is 32.8. The molecule has 11 nitrogen and oxygen atoms in total. The number of benzene rings is 4. The van der Waals surface area contributed by atoms with Gasteiger partial charge in [-0.3, -0.25) is 9.98 Å². The molecule has 2 aliphatic rings. The second-order valence-electron chi connectivity index (χ2n) is 15.6. The molecule has 0 saturated heterocycles. The Kier molecular flexibility index (Phi) is 9.38. The van der Waals surface area contributed by atoms with Crippen molar-refractivity contribution in [3.63, 3.8) is 0 Å². The fourth-order valence-electron chi connectivity index (χ4n) is 6.82. The topological polar surface area (TPSA) is 158 Å². The van der Waals surface area contributed by atoms with Crippen LogP contribution >= 0.6 is 0 Å². The van der Waals surface area contributed by atoms with Gasteiger partial charge in [0.2, 0.25) is 5.95 Å². The molecule has 0 fully saturated rings. The molecule has 0 spiro atoms. The lowest BCUT2D eigenvalue weighted by atomic mass is 10.0. The molecule has 284 valence electrons. The number of pyridine rings is 1. The number of anilines is 2. The number of nitrogen functional groups attached to an aromatic ring is 2. The summed E-state index contributed by atoms with van der Waals surface area (Å²) in [6.45, 7) is 12.2. The first-order valence-electron chi connectivity index (χ1n) is 18.7. The van der Waals surface area contributed by atoms with Gasteiger partial charge in [0.15, 0.2) is 11.5 Å². The van der Waals surface area contributed by atoms with Gasteiger partial charge in [-0.25, -0.2) is 15.0 Å². The third kappa shape index (κ3) is 7.87. The summed E-state index contributed by atoms with van der Waals surface area (Å²) in [4.78, 5) is 22.9. The van der Waals surface area contributed by atoms with Gasteiger partial charge < -0.3 is 31.6 Å². The van der Waals surface area contributed by atoms with Crippen molar-refractivity contribution in [2.24, 2.45) is 9.98 Å². The summed E-state index contributed by atoms with van der Waals surface area (Å²) < 4.78 is 12.1. The van der Waals surface area contributed by atoms with Gasteiger partial charge in [0, 0.05) is 50.2 Å². The molecule has 57 heavy (non-hydrogen) atoms. The molecule has 0 amide bonds. The van der Waals surface area contributed by atoms with Gasteiger partial charge in [0.25, 0.3) is 0 Å². The summed E-state index contributed by atoms with van der Waals surface area (Å²) in [5.74, 6) is 16.3. The van der Waals surface area contributed by atoms with Gasteiger partial charge in [-0.05, 0) is 82.5 Å². The van der Waals surface area contributed by atoms with Crippen molar-refractivity contribution in [2.45, 2.75) is 52.3 Å². The molecule has 8 rings (SSSR count). The average Bonchev–Trinajstić information content (AvgIpc) is 3.76. The Labute approximate surface area is 332 Å². The van der Waals surface area contributed by atoms with E-state index >= 15 is 0 Å². The van der Waals surface area contributed by atoms with Crippen LogP contribution in [0.25, 0.3) is 21.7 Å². The third-order valence-corrected chi connectivity index (χ3v) is 9.83. The smallest absolute Gasteiger partial charge is 0.221 e. The monoisotopic (exact) mass is 753 g/mol. The van der Waals surface area contributed by atoms with Crippen LogP contribution in [0.5, 0.6) is 11.5 Å². The van der Waals surface area contributed by atoms with Crippen molar-refractivity contribution < 1.29 is 9.47 Å². The number of nitrogens with two attached hydrogens (primary N) is 2. The average molecular weight is 754 g/mol. The van der Waals surface area contributed by atoms with Crippen LogP contribution < -0.4 is 31.6 Å². The first-order valence-corrected chi connectivity index (χ1v) is 18.7. The molecule has 11 heteroatoms. The van der Waals surface area contributed by atoms with Crippen LogP contribution in [0.1, 0.15) is 72.5 Å². The highest BCUT2D eigenvalue weighted by Crippen LogP contribution is 2.34. The van der Waals surface area contributed by atoms with Crippen LogP contribution in [0.2, 0.25) is 0 Å². The van der Waals surface area contributed by atoms with E-state index in [-0.39, 0.29) is 23.6 Å². The lowest BCUT2D eigenvalue weighted by Gasteiger charge is -2.18. The summed E-state index contributed by atoms with van der Waals surface area (Å²) in [6, 6.07) is 25.7. The first kappa shape index (κ1) is 36.8. The third-order valence-electron chi connectivity index (χ3n) is 9.83. The fourth-order valence-corrected chi connectivity index (χ4v) is 6.82. The van der Waals surface area contributed by atoms with Gasteiger partial charge in [0.1, 0.15) is 29.8 Å². The Bertz CT molecular complexity index is 2760. The molecular formula is C46H43N9O2. The fraction of sp³-hybridized carbons (Fsp3) is 0.239. The molecule has 2 aromatic heterocycles. The summed E-state index contributed by atoms with van der Waals surface area (Å²) in [5, 5.41) is 9.48. The van der Waals surface area contributed by atoms with Crippen molar-refractivity contribution in [2.75, 3.05) is 31.7 Å². The van der Waals surface area contributed by atoms with Gasteiger partial charge in [0.05, 0.1) is 42.4 Å². The Morgan fingerprint density at radius 1 is 0.667 bits per heavy atom. The number of fused-ring (bicyclic) bond motifs is 2. The van der Waals surface area contributed by atoms with E-state index in [4.69, 9.17) is 20.9 Å². The Morgan fingerprint density at radius 3 is 1.86 bits per heavy atom. The Balaban J connectivity index is 1.03. The van der Waals surface area contributed by atoms with Crippen LogP contribution in [-0.2, 0) is 6.61 Å². The highest BCUT2D eigenvalue weighted by Gasteiger charge is 2.26. The number of methoxy groups -OCH3 is 1. The van der Waals surface area contributed by atoms with E-state index in [2.05, 4.69) is 93.0 Å². The van der Waals surface area contributed by atoms with Gasteiger partial charge >= 0.3 is 0 Å². The van der Waals surface area contributed by atoms with E-state index in [1.807, 2.05) is 73.7 Å². The highest BCUT2D eigenvalue weighted by molar-refractivity contribution is 6.01. The quantitative estimate of drug-likeness (QED) is 0.143. The normalized spacial score (nSPS) is 15.1.